The first-order valence-electron chi connectivity index (χ1n) is 7.51. The summed E-state index contributed by atoms with van der Waals surface area (Å²) in [6.07, 6.45) is 5.32. The SMILES string of the molecule is Cc1cn2nc(NC[C@@H]3CCc4c(C(N)=O)cnn4C3)sc2n1. The Kier molecular flexibility index (Phi) is 3.29. The largest absolute Gasteiger partial charge is 0.365 e. The molecule has 1 atom stereocenters. The van der Waals surface area contributed by atoms with Gasteiger partial charge in [-0.15, -0.1) is 5.10 Å². The van der Waals surface area contributed by atoms with Crippen molar-refractivity contribution in [3.05, 3.63) is 29.3 Å². The molecule has 0 fully saturated rings. The third-order valence-corrected chi connectivity index (χ3v) is 5.02. The molecule has 0 spiro atoms. The van der Waals surface area contributed by atoms with Crippen LogP contribution in [0, 0.1) is 12.8 Å². The van der Waals surface area contributed by atoms with Crippen LogP contribution < -0.4 is 11.1 Å². The van der Waals surface area contributed by atoms with Gasteiger partial charge in [-0.1, -0.05) is 11.3 Å². The van der Waals surface area contributed by atoms with Crippen LogP contribution in [0.15, 0.2) is 12.4 Å². The average molecular weight is 331 g/mol. The molecular formula is C14H17N7OS. The zero-order chi connectivity index (χ0) is 16.0. The summed E-state index contributed by atoms with van der Waals surface area (Å²) in [5.41, 5.74) is 7.84. The number of amides is 1. The van der Waals surface area contributed by atoms with Gasteiger partial charge in [0, 0.05) is 13.1 Å². The zero-order valence-corrected chi connectivity index (χ0v) is 13.5. The van der Waals surface area contributed by atoms with Gasteiger partial charge >= 0.3 is 0 Å². The highest BCUT2D eigenvalue weighted by Gasteiger charge is 2.24. The van der Waals surface area contributed by atoms with Crippen molar-refractivity contribution < 1.29 is 4.79 Å². The summed E-state index contributed by atoms with van der Waals surface area (Å²) in [5.74, 6) is 0.0466. The van der Waals surface area contributed by atoms with E-state index in [4.69, 9.17) is 5.73 Å². The molecule has 1 amide bonds. The van der Waals surface area contributed by atoms with Gasteiger partial charge in [0.15, 0.2) is 0 Å². The Morgan fingerprint density at radius 2 is 2.43 bits per heavy atom. The number of anilines is 1. The lowest BCUT2D eigenvalue weighted by atomic mass is 9.96. The van der Waals surface area contributed by atoms with E-state index in [2.05, 4.69) is 20.5 Å². The van der Waals surface area contributed by atoms with Crippen molar-refractivity contribution in [3.8, 4) is 0 Å². The van der Waals surface area contributed by atoms with Crippen molar-refractivity contribution in [3.63, 3.8) is 0 Å². The van der Waals surface area contributed by atoms with Crippen LogP contribution in [0.5, 0.6) is 0 Å². The third kappa shape index (κ3) is 2.56. The van der Waals surface area contributed by atoms with Crippen LogP contribution in [-0.2, 0) is 13.0 Å². The number of primary amides is 1. The predicted octanol–water partition coefficient (Wildman–Crippen LogP) is 1.07. The van der Waals surface area contributed by atoms with Crippen molar-refractivity contribution >= 4 is 27.3 Å². The fourth-order valence-electron chi connectivity index (χ4n) is 2.99. The first-order chi connectivity index (χ1) is 11.1. The van der Waals surface area contributed by atoms with E-state index in [0.29, 0.717) is 11.5 Å². The molecule has 8 nitrogen and oxygen atoms in total. The van der Waals surface area contributed by atoms with E-state index in [1.165, 1.54) is 0 Å². The summed E-state index contributed by atoms with van der Waals surface area (Å²) in [6, 6.07) is 0. The highest BCUT2D eigenvalue weighted by Crippen LogP contribution is 2.24. The molecule has 3 aromatic rings. The molecule has 1 aliphatic rings. The molecule has 9 heteroatoms. The van der Waals surface area contributed by atoms with Gasteiger partial charge in [-0.3, -0.25) is 9.48 Å². The lowest BCUT2D eigenvalue weighted by Crippen LogP contribution is -2.27. The first-order valence-corrected chi connectivity index (χ1v) is 8.33. The number of carbonyl (C=O) groups excluding carboxylic acids is 1. The van der Waals surface area contributed by atoms with Crippen LogP contribution >= 0.6 is 11.3 Å². The number of nitrogens with two attached hydrogens (primary N) is 1. The van der Waals surface area contributed by atoms with Gasteiger partial charge < -0.3 is 11.1 Å². The second-order valence-electron chi connectivity index (χ2n) is 5.85. The van der Waals surface area contributed by atoms with Crippen LogP contribution in [-0.4, -0.2) is 36.8 Å². The smallest absolute Gasteiger partial charge is 0.252 e. The molecule has 0 radical (unpaired) electrons. The number of hydrogen-bond acceptors (Lipinski definition) is 6. The number of imidazole rings is 1. The van der Waals surface area contributed by atoms with E-state index >= 15 is 0 Å². The number of carbonyl (C=O) groups is 1. The molecule has 4 rings (SSSR count). The maximum absolute atomic E-state index is 11.4. The molecule has 0 unspecified atom stereocenters. The minimum absolute atomic E-state index is 0.399. The Morgan fingerprint density at radius 3 is 3.22 bits per heavy atom. The quantitative estimate of drug-likeness (QED) is 0.744. The number of nitrogens with zero attached hydrogens (tertiary/aromatic N) is 5. The third-order valence-electron chi connectivity index (χ3n) is 4.14. The fourth-order valence-corrected chi connectivity index (χ4v) is 3.83. The van der Waals surface area contributed by atoms with Gasteiger partial charge in [0.05, 0.1) is 29.3 Å². The molecule has 0 aromatic carbocycles. The van der Waals surface area contributed by atoms with Gasteiger partial charge in [-0.2, -0.15) is 5.10 Å². The molecule has 0 saturated carbocycles. The van der Waals surface area contributed by atoms with Gasteiger partial charge in [0.25, 0.3) is 5.91 Å². The lowest BCUT2D eigenvalue weighted by molar-refractivity contribution is 0.0998. The minimum Gasteiger partial charge on any atom is -0.365 e. The Balaban J connectivity index is 1.41. The molecule has 1 aliphatic heterocycles. The highest BCUT2D eigenvalue weighted by atomic mass is 32.1. The van der Waals surface area contributed by atoms with Crippen LogP contribution in [0.1, 0.15) is 28.2 Å². The predicted molar refractivity (Wildman–Crippen MR) is 86.6 cm³/mol. The van der Waals surface area contributed by atoms with Crippen LogP contribution in [0.3, 0.4) is 0 Å². The van der Waals surface area contributed by atoms with Gasteiger partial charge in [0.1, 0.15) is 0 Å². The molecule has 0 bridgehead atoms. The monoisotopic (exact) mass is 331 g/mol. The second kappa shape index (κ2) is 5.34. The average Bonchev–Trinajstić information content (AvgIpc) is 3.16. The Bertz CT molecular complexity index is 846. The number of aryl methyl sites for hydroxylation is 1. The molecule has 3 aromatic heterocycles. The minimum atomic E-state index is -0.399. The Hall–Kier alpha value is -2.42. The molecule has 0 aliphatic carbocycles. The van der Waals surface area contributed by atoms with Crippen molar-refractivity contribution in [1.29, 1.82) is 0 Å². The fraction of sp³-hybridized carbons (Fsp3) is 0.429. The Morgan fingerprint density at radius 1 is 1.57 bits per heavy atom. The maximum atomic E-state index is 11.4. The van der Waals surface area contributed by atoms with E-state index in [1.807, 2.05) is 17.8 Å². The first kappa shape index (κ1) is 14.2. The Labute approximate surface area is 136 Å². The molecule has 3 N–H and O–H groups in total. The van der Waals surface area contributed by atoms with Crippen molar-refractivity contribution in [2.45, 2.75) is 26.3 Å². The highest BCUT2D eigenvalue weighted by molar-refractivity contribution is 7.20. The molecule has 4 heterocycles. The number of nitrogens with one attached hydrogen (secondary N) is 1. The topological polar surface area (TPSA) is 103 Å². The molecular weight excluding hydrogens is 314 g/mol. The van der Waals surface area contributed by atoms with Crippen LogP contribution in [0.4, 0.5) is 5.13 Å². The molecule has 120 valence electrons. The number of fused-ring (bicyclic) bond motifs is 2. The number of rotatable bonds is 4. The van der Waals surface area contributed by atoms with Gasteiger partial charge in [-0.25, -0.2) is 9.50 Å². The summed E-state index contributed by atoms with van der Waals surface area (Å²) < 4.78 is 3.70. The van der Waals surface area contributed by atoms with E-state index < -0.39 is 5.91 Å². The maximum Gasteiger partial charge on any atom is 0.252 e. The van der Waals surface area contributed by atoms with Crippen LogP contribution in [0.25, 0.3) is 4.96 Å². The normalized spacial score (nSPS) is 17.3. The van der Waals surface area contributed by atoms with Crippen LogP contribution in [0.2, 0.25) is 0 Å². The van der Waals surface area contributed by atoms with Crippen molar-refractivity contribution in [1.82, 2.24) is 24.4 Å². The van der Waals surface area contributed by atoms with E-state index in [0.717, 1.165) is 47.4 Å². The zero-order valence-electron chi connectivity index (χ0n) is 12.7. The summed E-state index contributed by atoms with van der Waals surface area (Å²) in [7, 11) is 0. The van der Waals surface area contributed by atoms with Gasteiger partial charge in [0.2, 0.25) is 10.1 Å². The summed E-state index contributed by atoms with van der Waals surface area (Å²) in [4.78, 5) is 16.6. The van der Waals surface area contributed by atoms with E-state index in [-0.39, 0.29) is 0 Å². The molecule has 23 heavy (non-hydrogen) atoms. The number of hydrogen-bond donors (Lipinski definition) is 2. The van der Waals surface area contributed by atoms with Gasteiger partial charge in [-0.05, 0) is 25.7 Å². The van der Waals surface area contributed by atoms with E-state index in [9.17, 15) is 4.79 Å². The standard InChI is InChI=1S/C14H17N7OS/c1-8-6-21-14(18-8)23-13(19-21)16-4-9-2-3-11-10(12(15)22)5-17-20(11)7-9/h5-6,9H,2-4,7H2,1H3,(H2,15,22)(H,16,19)/t9-/m0/s1. The second-order valence-corrected chi connectivity index (χ2v) is 6.81. The lowest BCUT2D eigenvalue weighted by Gasteiger charge is -2.24. The summed E-state index contributed by atoms with van der Waals surface area (Å²) in [5, 5.41) is 13.0. The van der Waals surface area contributed by atoms with Crippen molar-refractivity contribution in [2.75, 3.05) is 11.9 Å². The van der Waals surface area contributed by atoms with E-state index in [1.54, 1.807) is 22.0 Å². The van der Waals surface area contributed by atoms with Crippen molar-refractivity contribution in [2.24, 2.45) is 11.7 Å². The number of aromatic nitrogens is 5. The summed E-state index contributed by atoms with van der Waals surface area (Å²) in [6.45, 7) is 3.57. The summed E-state index contributed by atoms with van der Waals surface area (Å²) >= 11 is 1.55. The molecule has 0 saturated heterocycles.